The number of amides is 1. The van der Waals surface area contributed by atoms with E-state index in [4.69, 9.17) is 5.11 Å². The first-order valence-electron chi connectivity index (χ1n) is 5.87. The number of benzene rings is 1. The van der Waals surface area contributed by atoms with E-state index in [1.54, 1.807) is 0 Å². The number of rotatable bonds is 5. The zero-order valence-corrected chi connectivity index (χ0v) is 10.8. The van der Waals surface area contributed by atoms with Crippen molar-refractivity contribution in [3.05, 3.63) is 23.8 Å². The van der Waals surface area contributed by atoms with Gasteiger partial charge in [0.25, 0.3) is 5.91 Å². The fraction of sp³-hybridized carbons (Fsp3) is 0.385. The molecule has 1 aromatic rings. The summed E-state index contributed by atoms with van der Waals surface area (Å²) < 4.78 is 0. The first-order chi connectivity index (χ1) is 8.82. The Hall–Kier alpha value is -2.24. The number of aromatic hydroxyl groups is 2. The summed E-state index contributed by atoms with van der Waals surface area (Å²) in [5, 5.41) is 30.4. The molecule has 0 aliphatic heterocycles. The molecule has 1 atom stereocenters. The molecule has 1 aromatic carbocycles. The fourth-order valence-corrected chi connectivity index (χ4v) is 1.68. The van der Waals surface area contributed by atoms with Gasteiger partial charge in [-0.25, -0.2) is 4.79 Å². The van der Waals surface area contributed by atoms with Crippen LogP contribution < -0.4 is 5.32 Å². The van der Waals surface area contributed by atoms with Crippen LogP contribution in [0.25, 0.3) is 0 Å². The number of phenolic OH excluding ortho intramolecular Hbond substituents is 2. The number of nitrogens with one attached hydrogen (secondary N) is 1. The van der Waals surface area contributed by atoms with Gasteiger partial charge in [0.2, 0.25) is 0 Å². The van der Waals surface area contributed by atoms with E-state index in [2.05, 4.69) is 5.32 Å². The fourth-order valence-electron chi connectivity index (χ4n) is 1.68. The SMILES string of the molecule is CC(C)C[C@@H](NC(=O)c1c(O)cccc1O)C(=O)O. The summed E-state index contributed by atoms with van der Waals surface area (Å²) >= 11 is 0. The lowest BCUT2D eigenvalue weighted by Gasteiger charge is -2.17. The minimum atomic E-state index is -1.16. The molecule has 1 rings (SSSR count). The van der Waals surface area contributed by atoms with Crippen LogP contribution in [0.15, 0.2) is 18.2 Å². The van der Waals surface area contributed by atoms with Crippen LogP contribution in [0.5, 0.6) is 11.5 Å². The summed E-state index contributed by atoms with van der Waals surface area (Å²) in [6, 6.07) is 2.80. The third-order valence-corrected chi connectivity index (χ3v) is 2.56. The average Bonchev–Trinajstić information content (AvgIpc) is 2.27. The molecule has 1 amide bonds. The molecule has 0 saturated heterocycles. The van der Waals surface area contributed by atoms with Gasteiger partial charge in [-0.3, -0.25) is 4.79 Å². The Morgan fingerprint density at radius 2 is 1.74 bits per heavy atom. The van der Waals surface area contributed by atoms with Crippen molar-refractivity contribution in [1.29, 1.82) is 0 Å². The highest BCUT2D eigenvalue weighted by Gasteiger charge is 2.24. The van der Waals surface area contributed by atoms with Gasteiger partial charge in [-0.2, -0.15) is 0 Å². The predicted molar refractivity (Wildman–Crippen MR) is 68.1 cm³/mol. The number of hydrogen-bond acceptors (Lipinski definition) is 4. The molecular weight excluding hydrogens is 250 g/mol. The number of carboxylic acid groups (broad SMARTS) is 1. The molecule has 0 spiro atoms. The molecule has 0 bridgehead atoms. The van der Waals surface area contributed by atoms with Crippen molar-refractivity contribution in [3.8, 4) is 11.5 Å². The van der Waals surface area contributed by atoms with Gasteiger partial charge >= 0.3 is 5.97 Å². The predicted octanol–water partition coefficient (Wildman–Crippen LogP) is 1.33. The second-order valence-corrected chi connectivity index (χ2v) is 4.67. The summed E-state index contributed by atoms with van der Waals surface area (Å²) in [6.45, 7) is 3.67. The molecule has 0 aliphatic carbocycles. The molecule has 0 radical (unpaired) electrons. The van der Waals surface area contributed by atoms with Gasteiger partial charge in [0.05, 0.1) is 0 Å². The smallest absolute Gasteiger partial charge is 0.326 e. The highest BCUT2D eigenvalue weighted by atomic mass is 16.4. The van der Waals surface area contributed by atoms with Gasteiger partial charge in [0.1, 0.15) is 23.1 Å². The van der Waals surface area contributed by atoms with E-state index in [1.807, 2.05) is 13.8 Å². The lowest BCUT2D eigenvalue weighted by Crippen LogP contribution is -2.41. The van der Waals surface area contributed by atoms with Gasteiger partial charge in [-0.1, -0.05) is 19.9 Å². The van der Waals surface area contributed by atoms with Crippen LogP contribution >= 0.6 is 0 Å². The maximum atomic E-state index is 11.9. The van der Waals surface area contributed by atoms with E-state index in [0.29, 0.717) is 0 Å². The number of carbonyl (C=O) groups excluding carboxylic acids is 1. The van der Waals surface area contributed by atoms with Crippen molar-refractivity contribution in [1.82, 2.24) is 5.32 Å². The zero-order valence-electron chi connectivity index (χ0n) is 10.8. The van der Waals surface area contributed by atoms with E-state index in [1.165, 1.54) is 18.2 Å². The Labute approximate surface area is 110 Å². The van der Waals surface area contributed by atoms with Gasteiger partial charge in [-0.15, -0.1) is 0 Å². The molecule has 0 fully saturated rings. The van der Waals surface area contributed by atoms with Crippen molar-refractivity contribution in [2.24, 2.45) is 5.92 Å². The third kappa shape index (κ3) is 3.87. The minimum Gasteiger partial charge on any atom is -0.507 e. The Bertz CT molecular complexity index is 464. The quantitative estimate of drug-likeness (QED) is 0.643. The summed E-state index contributed by atoms with van der Waals surface area (Å²) in [5.41, 5.74) is -0.322. The normalized spacial score (nSPS) is 12.2. The van der Waals surface area contributed by atoms with Gasteiger partial charge in [-0.05, 0) is 24.5 Å². The van der Waals surface area contributed by atoms with Gasteiger partial charge in [0, 0.05) is 0 Å². The maximum absolute atomic E-state index is 11.9. The highest BCUT2D eigenvalue weighted by molar-refractivity contribution is 6.01. The van der Waals surface area contributed by atoms with Crippen LogP contribution in [-0.2, 0) is 4.79 Å². The largest absolute Gasteiger partial charge is 0.507 e. The molecule has 0 heterocycles. The summed E-state index contributed by atoms with van der Waals surface area (Å²) in [4.78, 5) is 22.9. The van der Waals surface area contributed by atoms with Crippen LogP contribution in [0, 0.1) is 5.92 Å². The first-order valence-corrected chi connectivity index (χ1v) is 5.87. The van der Waals surface area contributed by atoms with Crippen LogP contribution in [0.3, 0.4) is 0 Å². The summed E-state index contributed by atoms with van der Waals surface area (Å²) in [5.74, 6) is -2.68. The third-order valence-electron chi connectivity index (χ3n) is 2.56. The lowest BCUT2D eigenvalue weighted by molar-refractivity contribution is -0.139. The molecule has 6 heteroatoms. The molecule has 19 heavy (non-hydrogen) atoms. The van der Waals surface area contributed by atoms with E-state index < -0.39 is 29.4 Å². The Balaban J connectivity index is 2.91. The van der Waals surface area contributed by atoms with Gasteiger partial charge in [0.15, 0.2) is 0 Å². The number of carbonyl (C=O) groups is 2. The second-order valence-electron chi connectivity index (χ2n) is 4.67. The zero-order chi connectivity index (χ0) is 14.6. The molecule has 6 nitrogen and oxygen atoms in total. The standard InChI is InChI=1S/C13H17NO5/c1-7(2)6-8(13(18)19)14-12(17)11-9(15)4-3-5-10(11)16/h3-5,7-8,15-16H,6H2,1-2H3,(H,14,17)(H,18,19)/t8-/m1/s1. The van der Waals surface area contributed by atoms with E-state index >= 15 is 0 Å². The van der Waals surface area contributed by atoms with Crippen molar-refractivity contribution < 1.29 is 24.9 Å². The topological polar surface area (TPSA) is 107 Å². The Kier molecular flexibility index (Phi) is 4.74. The van der Waals surface area contributed by atoms with Crippen LogP contribution in [0.2, 0.25) is 0 Å². The molecular formula is C13H17NO5. The molecule has 0 saturated carbocycles. The van der Waals surface area contributed by atoms with Crippen LogP contribution in [0.4, 0.5) is 0 Å². The van der Waals surface area contributed by atoms with Gasteiger partial charge < -0.3 is 20.6 Å². The molecule has 0 unspecified atom stereocenters. The Morgan fingerprint density at radius 1 is 1.21 bits per heavy atom. The number of hydrogen-bond donors (Lipinski definition) is 4. The Morgan fingerprint density at radius 3 is 2.16 bits per heavy atom. The number of phenols is 2. The first kappa shape index (κ1) is 14.8. The molecule has 104 valence electrons. The summed E-state index contributed by atoms with van der Waals surface area (Å²) in [6.07, 6.45) is 0.259. The number of carboxylic acids is 1. The molecule has 4 N–H and O–H groups in total. The van der Waals surface area contributed by atoms with Crippen molar-refractivity contribution >= 4 is 11.9 Å². The summed E-state index contributed by atoms with van der Waals surface area (Å²) in [7, 11) is 0. The van der Waals surface area contributed by atoms with Crippen molar-refractivity contribution in [3.63, 3.8) is 0 Å². The lowest BCUT2D eigenvalue weighted by atomic mass is 10.0. The van der Waals surface area contributed by atoms with Crippen molar-refractivity contribution in [2.45, 2.75) is 26.3 Å². The van der Waals surface area contributed by atoms with E-state index in [9.17, 15) is 19.8 Å². The average molecular weight is 267 g/mol. The maximum Gasteiger partial charge on any atom is 0.326 e. The van der Waals surface area contributed by atoms with E-state index in [0.717, 1.165) is 0 Å². The minimum absolute atomic E-state index is 0.0827. The van der Waals surface area contributed by atoms with E-state index in [-0.39, 0.29) is 17.9 Å². The highest BCUT2D eigenvalue weighted by Crippen LogP contribution is 2.26. The molecule has 0 aliphatic rings. The number of aliphatic carboxylic acids is 1. The second kappa shape index (κ2) is 6.08. The van der Waals surface area contributed by atoms with Crippen LogP contribution in [0.1, 0.15) is 30.6 Å². The van der Waals surface area contributed by atoms with Crippen molar-refractivity contribution in [2.75, 3.05) is 0 Å². The molecule has 0 aromatic heterocycles. The van der Waals surface area contributed by atoms with Crippen LogP contribution in [-0.4, -0.2) is 33.2 Å². The monoisotopic (exact) mass is 267 g/mol.